The predicted molar refractivity (Wildman–Crippen MR) is 80.2 cm³/mol. The lowest BCUT2D eigenvalue weighted by molar-refractivity contribution is -0.128. The average molecular weight is 265 g/mol. The number of Topliss-reactive ketones (excluding diaryl/α,β-unsaturated/α-hetero) is 1. The summed E-state index contributed by atoms with van der Waals surface area (Å²) in [6.07, 6.45) is 8.39. The highest BCUT2D eigenvalue weighted by atomic mass is 16.1. The Kier molecular flexibility index (Phi) is 4.70. The molecule has 3 unspecified atom stereocenters. The van der Waals surface area contributed by atoms with Crippen molar-refractivity contribution >= 4 is 5.78 Å². The van der Waals surface area contributed by atoms with E-state index in [1.807, 2.05) is 0 Å². The van der Waals surface area contributed by atoms with Crippen LogP contribution in [0, 0.1) is 17.3 Å². The number of rotatable bonds is 3. The van der Waals surface area contributed by atoms with Crippen molar-refractivity contribution in [1.29, 1.82) is 0 Å². The van der Waals surface area contributed by atoms with E-state index in [1.165, 1.54) is 25.7 Å². The van der Waals surface area contributed by atoms with Crippen molar-refractivity contribution in [3.05, 3.63) is 0 Å². The van der Waals surface area contributed by atoms with Gasteiger partial charge in [0.25, 0.3) is 0 Å². The summed E-state index contributed by atoms with van der Waals surface area (Å²) in [4.78, 5) is 14.6. The van der Waals surface area contributed by atoms with Crippen LogP contribution in [0.2, 0.25) is 0 Å². The molecule has 19 heavy (non-hydrogen) atoms. The summed E-state index contributed by atoms with van der Waals surface area (Å²) >= 11 is 0. The van der Waals surface area contributed by atoms with Gasteiger partial charge >= 0.3 is 0 Å². The first kappa shape index (κ1) is 15.0. The third kappa shape index (κ3) is 3.81. The Hall–Kier alpha value is -0.370. The Morgan fingerprint density at radius 2 is 1.95 bits per heavy atom. The Balaban J connectivity index is 1.93. The van der Waals surface area contributed by atoms with E-state index in [9.17, 15) is 4.79 Å². The van der Waals surface area contributed by atoms with E-state index >= 15 is 0 Å². The minimum atomic E-state index is 0.280. The summed E-state index contributed by atoms with van der Waals surface area (Å²) < 4.78 is 0. The van der Waals surface area contributed by atoms with Crippen molar-refractivity contribution in [3.63, 3.8) is 0 Å². The molecule has 0 aromatic rings. The fraction of sp³-hybridized carbons (Fsp3) is 0.941. The number of hydrogen-bond donors (Lipinski definition) is 0. The van der Waals surface area contributed by atoms with Crippen LogP contribution in [0.1, 0.15) is 65.7 Å². The fourth-order valence-corrected chi connectivity index (χ4v) is 4.15. The highest BCUT2D eigenvalue weighted by Crippen LogP contribution is 2.37. The van der Waals surface area contributed by atoms with Crippen LogP contribution in [0.25, 0.3) is 0 Å². The molecule has 0 spiro atoms. The second-order valence-corrected chi connectivity index (χ2v) is 7.80. The Bertz CT molecular complexity index is 323. The standard InChI is InChI=1S/C17H31NO/c1-13-7-5-6-8-15(13)18(4)12-14-11-17(2,3)10-9-16(14)19/h13-15H,5-12H2,1-4H3. The summed E-state index contributed by atoms with van der Waals surface area (Å²) in [5.41, 5.74) is 0.359. The van der Waals surface area contributed by atoms with Crippen LogP contribution in [-0.2, 0) is 4.79 Å². The molecule has 0 N–H and O–H groups in total. The zero-order valence-electron chi connectivity index (χ0n) is 13.2. The number of carbonyl (C=O) groups excluding carboxylic acids is 1. The number of nitrogens with zero attached hydrogens (tertiary/aromatic N) is 1. The number of ketones is 1. The molecule has 2 rings (SSSR count). The number of hydrogen-bond acceptors (Lipinski definition) is 2. The highest BCUT2D eigenvalue weighted by Gasteiger charge is 2.35. The lowest BCUT2D eigenvalue weighted by Gasteiger charge is -2.40. The van der Waals surface area contributed by atoms with Crippen molar-refractivity contribution in [3.8, 4) is 0 Å². The monoisotopic (exact) mass is 265 g/mol. The molecule has 0 aliphatic heterocycles. The molecule has 0 saturated heterocycles. The van der Waals surface area contributed by atoms with Gasteiger partial charge < -0.3 is 4.90 Å². The topological polar surface area (TPSA) is 20.3 Å². The first-order valence-electron chi connectivity index (χ1n) is 8.12. The summed E-state index contributed by atoms with van der Waals surface area (Å²) in [5, 5.41) is 0. The summed E-state index contributed by atoms with van der Waals surface area (Å²) in [5.74, 6) is 1.59. The van der Waals surface area contributed by atoms with Crippen molar-refractivity contribution in [1.82, 2.24) is 4.90 Å². The molecule has 0 radical (unpaired) electrons. The molecule has 2 aliphatic carbocycles. The van der Waals surface area contributed by atoms with Crippen molar-refractivity contribution in [2.45, 2.75) is 71.8 Å². The smallest absolute Gasteiger partial charge is 0.137 e. The molecule has 2 saturated carbocycles. The van der Waals surface area contributed by atoms with Gasteiger partial charge in [-0.2, -0.15) is 0 Å². The van der Waals surface area contributed by atoms with E-state index in [4.69, 9.17) is 0 Å². The van der Waals surface area contributed by atoms with Gasteiger partial charge in [-0.25, -0.2) is 0 Å². The highest BCUT2D eigenvalue weighted by molar-refractivity contribution is 5.82. The van der Waals surface area contributed by atoms with E-state index in [1.54, 1.807) is 0 Å². The van der Waals surface area contributed by atoms with Gasteiger partial charge in [0, 0.05) is 24.9 Å². The van der Waals surface area contributed by atoms with E-state index < -0.39 is 0 Å². The average Bonchev–Trinajstić information content (AvgIpc) is 2.34. The minimum absolute atomic E-state index is 0.280. The largest absolute Gasteiger partial charge is 0.302 e. The minimum Gasteiger partial charge on any atom is -0.302 e. The molecular formula is C17H31NO. The zero-order chi connectivity index (χ0) is 14.0. The summed E-state index contributed by atoms with van der Waals surface area (Å²) in [6.45, 7) is 8.00. The quantitative estimate of drug-likeness (QED) is 0.771. The van der Waals surface area contributed by atoms with Crippen LogP contribution in [-0.4, -0.2) is 30.3 Å². The Morgan fingerprint density at radius 1 is 1.26 bits per heavy atom. The second-order valence-electron chi connectivity index (χ2n) is 7.80. The normalized spacial score (nSPS) is 35.6. The van der Waals surface area contributed by atoms with Gasteiger partial charge in [0.05, 0.1) is 0 Å². The fourth-order valence-electron chi connectivity index (χ4n) is 4.15. The van der Waals surface area contributed by atoms with Gasteiger partial charge in [-0.3, -0.25) is 4.79 Å². The van der Waals surface area contributed by atoms with E-state index in [2.05, 4.69) is 32.7 Å². The van der Waals surface area contributed by atoms with Gasteiger partial charge in [0.15, 0.2) is 0 Å². The first-order valence-corrected chi connectivity index (χ1v) is 8.12. The van der Waals surface area contributed by atoms with Crippen LogP contribution in [0.4, 0.5) is 0 Å². The maximum atomic E-state index is 12.2. The van der Waals surface area contributed by atoms with Gasteiger partial charge in [-0.1, -0.05) is 33.6 Å². The van der Waals surface area contributed by atoms with Crippen molar-refractivity contribution in [2.75, 3.05) is 13.6 Å². The van der Waals surface area contributed by atoms with Crippen LogP contribution in [0.5, 0.6) is 0 Å². The third-order valence-corrected chi connectivity index (χ3v) is 5.44. The number of carbonyl (C=O) groups is 1. The van der Waals surface area contributed by atoms with Crippen LogP contribution in [0.3, 0.4) is 0 Å². The molecule has 0 heterocycles. The van der Waals surface area contributed by atoms with Crippen molar-refractivity contribution in [2.24, 2.45) is 17.3 Å². The predicted octanol–water partition coefficient (Wildman–Crippen LogP) is 3.89. The molecule has 2 aliphatic rings. The molecule has 2 fully saturated rings. The zero-order valence-corrected chi connectivity index (χ0v) is 13.2. The Labute approximate surface area is 118 Å². The molecule has 2 heteroatoms. The lowest BCUT2D eigenvalue weighted by atomic mass is 9.71. The van der Waals surface area contributed by atoms with Gasteiger partial charge in [0.1, 0.15) is 5.78 Å². The third-order valence-electron chi connectivity index (χ3n) is 5.44. The molecule has 2 nitrogen and oxygen atoms in total. The molecule has 0 aromatic heterocycles. The molecule has 0 bridgehead atoms. The lowest BCUT2D eigenvalue weighted by Crippen LogP contribution is -2.44. The van der Waals surface area contributed by atoms with Crippen LogP contribution < -0.4 is 0 Å². The summed E-state index contributed by atoms with van der Waals surface area (Å²) in [7, 11) is 2.24. The van der Waals surface area contributed by atoms with E-state index in [0.29, 0.717) is 17.2 Å². The molecule has 3 atom stereocenters. The van der Waals surface area contributed by atoms with Gasteiger partial charge in [0.2, 0.25) is 0 Å². The van der Waals surface area contributed by atoms with Crippen LogP contribution >= 0.6 is 0 Å². The maximum absolute atomic E-state index is 12.2. The van der Waals surface area contributed by atoms with Crippen LogP contribution in [0.15, 0.2) is 0 Å². The molecular weight excluding hydrogens is 234 g/mol. The van der Waals surface area contributed by atoms with Gasteiger partial charge in [-0.15, -0.1) is 0 Å². The molecule has 110 valence electrons. The SMILES string of the molecule is CC1CCCCC1N(C)CC1CC(C)(C)CCC1=O. The Morgan fingerprint density at radius 3 is 2.63 bits per heavy atom. The van der Waals surface area contributed by atoms with Gasteiger partial charge in [-0.05, 0) is 44.1 Å². The van der Waals surface area contributed by atoms with Crippen molar-refractivity contribution < 1.29 is 4.79 Å². The summed E-state index contributed by atoms with van der Waals surface area (Å²) in [6, 6.07) is 0.701. The first-order chi connectivity index (χ1) is 8.89. The maximum Gasteiger partial charge on any atom is 0.137 e. The molecule has 0 amide bonds. The molecule has 0 aromatic carbocycles. The second kappa shape index (κ2) is 5.95. The van der Waals surface area contributed by atoms with E-state index in [0.717, 1.165) is 31.7 Å². The van der Waals surface area contributed by atoms with E-state index in [-0.39, 0.29) is 5.92 Å².